The molecule has 0 spiro atoms. The molecule has 0 aromatic carbocycles. The molecule has 2 N–H and O–H groups in total. The average Bonchev–Trinajstić information content (AvgIpc) is 2.90. The molecule has 0 radical (unpaired) electrons. The van der Waals surface area contributed by atoms with Gasteiger partial charge in [-0.1, -0.05) is 13.8 Å². The zero-order chi connectivity index (χ0) is 13.0. The van der Waals surface area contributed by atoms with E-state index < -0.39 is 0 Å². The highest BCUT2D eigenvalue weighted by atomic mass is 32.1. The van der Waals surface area contributed by atoms with Crippen molar-refractivity contribution in [1.29, 1.82) is 0 Å². The number of urea groups is 1. The average molecular weight is 267 g/mol. The van der Waals surface area contributed by atoms with Crippen LogP contribution in [0.2, 0.25) is 0 Å². The molecule has 0 saturated heterocycles. The summed E-state index contributed by atoms with van der Waals surface area (Å²) in [6.07, 6.45) is 2.29. The lowest BCUT2D eigenvalue weighted by Gasteiger charge is -2.08. The highest BCUT2D eigenvalue weighted by molar-refractivity contribution is 7.15. The fraction of sp³-hybridized carbons (Fsp3) is 0.545. The molecular weight excluding hydrogens is 250 g/mol. The molecule has 0 aliphatic rings. The fourth-order valence-electron chi connectivity index (χ4n) is 1.51. The van der Waals surface area contributed by atoms with Crippen molar-refractivity contribution in [3.63, 3.8) is 0 Å². The Morgan fingerprint density at radius 2 is 2.33 bits per heavy atom. The normalized spacial score (nSPS) is 11.1. The number of hydrogen-bond donors (Lipinski definition) is 2. The first-order valence-electron chi connectivity index (χ1n) is 5.94. The van der Waals surface area contributed by atoms with Crippen LogP contribution in [0.15, 0.2) is 11.7 Å². The number of rotatable bonds is 5. The van der Waals surface area contributed by atoms with Crippen LogP contribution in [0, 0.1) is 5.92 Å². The second-order valence-corrected chi connectivity index (χ2v) is 5.30. The van der Waals surface area contributed by atoms with Crippen LogP contribution in [0.25, 0.3) is 4.96 Å². The van der Waals surface area contributed by atoms with Gasteiger partial charge >= 0.3 is 6.03 Å². The highest BCUT2D eigenvalue weighted by Crippen LogP contribution is 2.12. The first-order valence-corrected chi connectivity index (χ1v) is 6.82. The Morgan fingerprint density at radius 1 is 1.50 bits per heavy atom. The van der Waals surface area contributed by atoms with E-state index in [4.69, 9.17) is 0 Å². The summed E-state index contributed by atoms with van der Waals surface area (Å²) in [7, 11) is 0. The number of carbonyl (C=O) groups is 1. The summed E-state index contributed by atoms with van der Waals surface area (Å²) in [4.78, 5) is 16.4. The molecule has 2 rings (SSSR count). The largest absolute Gasteiger partial charge is 0.338 e. The van der Waals surface area contributed by atoms with Gasteiger partial charge in [0.1, 0.15) is 6.33 Å². The van der Waals surface area contributed by atoms with Crippen molar-refractivity contribution in [2.45, 2.75) is 20.3 Å². The maximum atomic E-state index is 11.4. The van der Waals surface area contributed by atoms with E-state index in [1.54, 1.807) is 15.9 Å². The van der Waals surface area contributed by atoms with Crippen molar-refractivity contribution in [3.05, 3.63) is 17.4 Å². The van der Waals surface area contributed by atoms with E-state index >= 15 is 0 Å². The number of nitrogens with one attached hydrogen (secondary N) is 2. The van der Waals surface area contributed by atoms with Gasteiger partial charge in [-0.05, 0) is 5.92 Å². The van der Waals surface area contributed by atoms with Gasteiger partial charge in [-0.25, -0.2) is 14.3 Å². The Labute approximate surface area is 109 Å². The molecule has 18 heavy (non-hydrogen) atoms. The summed E-state index contributed by atoms with van der Waals surface area (Å²) in [5.74, 6) is 0.461. The lowest BCUT2D eigenvalue weighted by Crippen LogP contribution is -2.38. The molecule has 2 heterocycles. The van der Waals surface area contributed by atoms with Crippen LogP contribution in [-0.4, -0.2) is 33.7 Å². The van der Waals surface area contributed by atoms with Gasteiger partial charge < -0.3 is 10.6 Å². The third-order valence-corrected chi connectivity index (χ3v) is 3.31. The van der Waals surface area contributed by atoms with E-state index in [-0.39, 0.29) is 6.03 Å². The molecular formula is C11H17N5OS. The smallest absolute Gasteiger partial charge is 0.314 e. The van der Waals surface area contributed by atoms with Crippen LogP contribution in [0.1, 0.15) is 19.5 Å². The second-order valence-electron chi connectivity index (χ2n) is 4.46. The van der Waals surface area contributed by atoms with E-state index in [2.05, 4.69) is 34.6 Å². The topological polar surface area (TPSA) is 71.3 Å². The van der Waals surface area contributed by atoms with Gasteiger partial charge in [-0.15, -0.1) is 11.3 Å². The number of carbonyl (C=O) groups excluding carboxylic acids is 1. The van der Waals surface area contributed by atoms with Crippen LogP contribution < -0.4 is 10.6 Å². The molecule has 0 saturated carbocycles. The minimum Gasteiger partial charge on any atom is -0.338 e. The molecule has 0 fully saturated rings. The molecule has 2 aromatic heterocycles. The Hall–Kier alpha value is -1.63. The van der Waals surface area contributed by atoms with Crippen molar-refractivity contribution in [2.75, 3.05) is 13.1 Å². The summed E-state index contributed by atoms with van der Waals surface area (Å²) in [5, 5.41) is 11.8. The van der Waals surface area contributed by atoms with Gasteiger partial charge in [-0.2, -0.15) is 5.10 Å². The van der Waals surface area contributed by atoms with E-state index in [1.807, 2.05) is 5.38 Å². The third-order valence-electron chi connectivity index (χ3n) is 2.43. The zero-order valence-electron chi connectivity index (χ0n) is 10.5. The molecule has 0 aliphatic heterocycles. The predicted molar refractivity (Wildman–Crippen MR) is 70.8 cm³/mol. The van der Waals surface area contributed by atoms with Crippen molar-refractivity contribution < 1.29 is 4.79 Å². The number of thiazole rings is 1. The number of hydrogen-bond acceptors (Lipinski definition) is 4. The Balaban J connectivity index is 1.75. The molecule has 0 aliphatic carbocycles. The quantitative estimate of drug-likeness (QED) is 0.857. The Bertz CT molecular complexity index is 518. The lowest BCUT2D eigenvalue weighted by molar-refractivity contribution is 0.239. The first kappa shape index (κ1) is 12.8. The summed E-state index contributed by atoms with van der Waals surface area (Å²) < 4.78 is 1.80. The number of aromatic nitrogens is 3. The standard InChI is InChI=1S/C11H17N5OS/c1-8(2)5-13-10(17)12-4-3-9-6-18-11-14-7-15-16(9)11/h6-8H,3-5H2,1-2H3,(H2,12,13,17). The molecule has 2 amide bonds. The monoisotopic (exact) mass is 267 g/mol. The molecule has 7 heteroatoms. The Morgan fingerprint density at radius 3 is 3.11 bits per heavy atom. The van der Waals surface area contributed by atoms with Crippen molar-refractivity contribution >= 4 is 22.3 Å². The molecule has 2 aromatic rings. The van der Waals surface area contributed by atoms with Crippen LogP contribution in [-0.2, 0) is 6.42 Å². The molecule has 98 valence electrons. The van der Waals surface area contributed by atoms with Gasteiger partial charge in [0.25, 0.3) is 0 Å². The Kier molecular flexibility index (Phi) is 4.14. The number of nitrogens with zero attached hydrogens (tertiary/aromatic N) is 3. The fourth-order valence-corrected chi connectivity index (χ4v) is 2.34. The van der Waals surface area contributed by atoms with Crippen LogP contribution >= 0.6 is 11.3 Å². The number of amides is 2. The SMILES string of the molecule is CC(C)CNC(=O)NCCc1csc2ncnn12. The van der Waals surface area contributed by atoms with E-state index in [0.29, 0.717) is 19.0 Å². The van der Waals surface area contributed by atoms with E-state index in [0.717, 1.165) is 17.1 Å². The van der Waals surface area contributed by atoms with E-state index in [9.17, 15) is 4.79 Å². The predicted octanol–water partition coefficient (Wildman–Crippen LogP) is 1.29. The zero-order valence-corrected chi connectivity index (χ0v) is 11.3. The summed E-state index contributed by atoms with van der Waals surface area (Å²) in [5.41, 5.74) is 1.07. The van der Waals surface area contributed by atoms with Crippen molar-refractivity contribution in [1.82, 2.24) is 25.2 Å². The summed E-state index contributed by atoms with van der Waals surface area (Å²) in [6, 6.07) is -0.117. The highest BCUT2D eigenvalue weighted by Gasteiger charge is 2.06. The second kappa shape index (κ2) is 5.81. The molecule has 0 atom stereocenters. The molecule has 0 unspecified atom stereocenters. The maximum Gasteiger partial charge on any atom is 0.314 e. The van der Waals surface area contributed by atoms with Crippen LogP contribution in [0.3, 0.4) is 0 Å². The minimum atomic E-state index is -0.117. The molecule has 0 bridgehead atoms. The van der Waals surface area contributed by atoms with Gasteiger partial charge in [-0.3, -0.25) is 0 Å². The lowest BCUT2D eigenvalue weighted by atomic mass is 10.2. The van der Waals surface area contributed by atoms with Gasteiger partial charge in [0.15, 0.2) is 0 Å². The van der Waals surface area contributed by atoms with Crippen LogP contribution in [0.5, 0.6) is 0 Å². The van der Waals surface area contributed by atoms with Crippen molar-refractivity contribution in [2.24, 2.45) is 5.92 Å². The van der Waals surface area contributed by atoms with Crippen LogP contribution in [0.4, 0.5) is 4.79 Å². The number of fused-ring (bicyclic) bond motifs is 1. The van der Waals surface area contributed by atoms with Gasteiger partial charge in [0, 0.05) is 24.9 Å². The van der Waals surface area contributed by atoms with E-state index in [1.165, 1.54) is 6.33 Å². The third kappa shape index (κ3) is 3.19. The molecule has 6 nitrogen and oxygen atoms in total. The minimum absolute atomic E-state index is 0.117. The van der Waals surface area contributed by atoms with Gasteiger partial charge in [0.05, 0.1) is 5.69 Å². The van der Waals surface area contributed by atoms with Gasteiger partial charge in [0.2, 0.25) is 4.96 Å². The van der Waals surface area contributed by atoms with Crippen molar-refractivity contribution in [3.8, 4) is 0 Å². The maximum absolute atomic E-state index is 11.4. The summed E-state index contributed by atoms with van der Waals surface area (Å²) in [6.45, 7) is 5.41. The first-order chi connectivity index (χ1) is 8.66. The summed E-state index contributed by atoms with van der Waals surface area (Å²) >= 11 is 1.55.